The third kappa shape index (κ3) is 23.8. The van der Waals surface area contributed by atoms with E-state index in [9.17, 15) is 0 Å². The lowest BCUT2D eigenvalue weighted by molar-refractivity contribution is 0.282. The molecule has 120 valence electrons. The van der Waals surface area contributed by atoms with Crippen molar-refractivity contribution in [2.24, 2.45) is 11.8 Å². The maximum Gasteiger partial charge on any atom is 0.101 e. The molecule has 0 amide bonds. The monoisotopic (exact) mass is 293 g/mol. The molecule has 0 aliphatic carbocycles. The predicted molar refractivity (Wildman–Crippen MR) is 93.0 cm³/mol. The van der Waals surface area contributed by atoms with E-state index in [4.69, 9.17) is 4.52 Å². The lowest BCUT2D eigenvalue weighted by Gasteiger charge is -2.34. The van der Waals surface area contributed by atoms with E-state index < -0.39 is 0 Å². The highest BCUT2D eigenvalue weighted by atomic mass is 31.2. The number of nitrogens with zero attached hydrogens (tertiary/aromatic N) is 1. The molecule has 0 N–H and O–H groups in total. The van der Waals surface area contributed by atoms with Crippen LogP contribution in [-0.4, -0.2) is 30.5 Å². The van der Waals surface area contributed by atoms with Gasteiger partial charge in [-0.1, -0.05) is 41.5 Å². The van der Waals surface area contributed by atoms with Crippen LogP contribution in [0.15, 0.2) is 0 Å². The maximum absolute atomic E-state index is 5.33. The van der Waals surface area contributed by atoms with Crippen LogP contribution in [0, 0.1) is 11.8 Å². The van der Waals surface area contributed by atoms with Crippen LogP contribution in [0.25, 0.3) is 0 Å². The third-order valence-corrected chi connectivity index (χ3v) is 3.75. The SMILES string of the molecule is CC(C)C.CC(C)C.COP(C)N(C(C)C)C(C)C. The third-order valence-electron chi connectivity index (χ3n) is 1.65. The molecule has 0 aromatic rings. The smallest absolute Gasteiger partial charge is 0.101 e. The van der Waals surface area contributed by atoms with E-state index in [2.05, 4.69) is 80.6 Å². The molecular formula is C16H40NOP. The van der Waals surface area contributed by atoms with Gasteiger partial charge in [-0.05, 0) is 46.2 Å². The van der Waals surface area contributed by atoms with Crippen LogP contribution >= 0.6 is 8.30 Å². The standard InChI is InChI=1S/C8H20NOP.2C4H10/c1-7(2)9(8(3)4)11(6)10-5;2*1-4(2)3/h7-8H,1-6H3;2*4H,1-3H3. The lowest BCUT2D eigenvalue weighted by atomic mass is 10.3. The molecule has 0 saturated heterocycles. The van der Waals surface area contributed by atoms with Gasteiger partial charge in [0.25, 0.3) is 0 Å². The van der Waals surface area contributed by atoms with Crippen LogP contribution in [-0.2, 0) is 4.52 Å². The Morgan fingerprint density at radius 2 is 0.895 bits per heavy atom. The summed E-state index contributed by atoms with van der Waals surface area (Å²) in [6.45, 7) is 24.0. The van der Waals surface area contributed by atoms with Gasteiger partial charge < -0.3 is 4.52 Å². The minimum atomic E-state index is -0.387. The average Bonchev–Trinajstić information content (AvgIpc) is 2.14. The molecule has 0 heterocycles. The van der Waals surface area contributed by atoms with Crippen molar-refractivity contribution < 1.29 is 4.52 Å². The first-order valence-electron chi connectivity index (χ1n) is 7.53. The Bertz CT molecular complexity index is 151. The summed E-state index contributed by atoms with van der Waals surface area (Å²) in [5.41, 5.74) is 0. The van der Waals surface area contributed by atoms with Crippen LogP contribution in [0.4, 0.5) is 0 Å². The molecule has 0 saturated carbocycles. The summed E-state index contributed by atoms with van der Waals surface area (Å²) in [6.07, 6.45) is 0. The molecule has 0 aromatic heterocycles. The topological polar surface area (TPSA) is 12.5 Å². The zero-order chi connectivity index (χ0) is 16.2. The molecule has 1 unspecified atom stereocenters. The number of hydrogen-bond donors (Lipinski definition) is 0. The van der Waals surface area contributed by atoms with E-state index in [1.165, 1.54) is 0 Å². The highest BCUT2D eigenvalue weighted by molar-refractivity contribution is 7.49. The van der Waals surface area contributed by atoms with Crippen molar-refractivity contribution >= 4 is 8.30 Å². The zero-order valence-electron chi connectivity index (χ0n) is 15.6. The molecule has 0 aliphatic heterocycles. The fraction of sp³-hybridized carbons (Fsp3) is 1.00. The highest BCUT2D eigenvalue weighted by Crippen LogP contribution is 2.39. The molecule has 2 nitrogen and oxygen atoms in total. The van der Waals surface area contributed by atoms with E-state index >= 15 is 0 Å². The Hall–Kier alpha value is 0.350. The van der Waals surface area contributed by atoms with Gasteiger partial charge >= 0.3 is 0 Å². The molecule has 0 rings (SSSR count). The number of hydrogen-bond acceptors (Lipinski definition) is 2. The normalized spacial score (nSPS) is 12.5. The van der Waals surface area contributed by atoms with E-state index in [1.54, 1.807) is 7.11 Å². The zero-order valence-corrected chi connectivity index (χ0v) is 16.5. The van der Waals surface area contributed by atoms with Gasteiger partial charge in [0, 0.05) is 19.2 Å². The second-order valence-electron chi connectivity index (χ2n) is 6.68. The van der Waals surface area contributed by atoms with Crippen LogP contribution in [0.1, 0.15) is 69.2 Å². The quantitative estimate of drug-likeness (QED) is 0.588. The van der Waals surface area contributed by atoms with E-state index in [-0.39, 0.29) is 8.30 Å². The van der Waals surface area contributed by atoms with Crippen LogP contribution in [0.3, 0.4) is 0 Å². The Morgan fingerprint density at radius 1 is 0.684 bits per heavy atom. The van der Waals surface area contributed by atoms with Gasteiger partial charge in [0.1, 0.15) is 8.30 Å². The van der Waals surface area contributed by atoms with E-state index in [1.807, 2.05) is 0 Å². The van der Waals surface area contributed by atoms with Gasteiger partial charge in [-0.25, -0.2) is 0 Å². The van der Waals surface area contributed by atoms with Crippen molar-refractivity contribution in [2.75, 3.05) is 13.8 Å². The summed E-state index contributed by atoms with van der Waals surface area (Å²) in [7, 11) is 1.39. The van der Waals surface area contributed by atoms with Gasteiger partial charge in [-0.3, -0.25) is 4.67 Å². The first-order valence-corrected chi connectivity index (χ1v) is 9.19. The Kier molecular flexibility index (Phi) is 18.9. The van der Waals surface area contributed by atoms with Crippen molar-refractivity contribution in [1.82, 2.24) is 4.67 Å². The molecular weight excluding hydrogens is 253 g/mol. The van der Waals surface area contributed by atoms with E-state index in [0.717, 1.165) is 11.8 Å². The van der Waals surface area contributed by atoms with Gasteiger partial charge in [0.05, 0.1) is 0 Å². The first-order chi connectivity index (χ1) is 8.47. The molecule has 0 bridgehead atoms. The summed E-state index contributed by atoms with van der Waals surface area (Å²) in [6, 6.07) is 1.15. The summed E-state index contributed by atoms with van der Waals surface area (Å²) in [5.74, 6) is 1.67. The Labute approximate surface area is 125 Å². The molecule has 1 atom stereocenters. The Balaban J connectivity index is -0.000000264. The first kappa shape index (κ1) is 24.4. The van der Waals surface area contributed by atoms with E-state index in [0.29, 0.717) is 12.1 Å². The predicted octanol–water partition coefficient (Wildman–Crippen LogP) is 6.02. The van der Waals surface area contributed by atoms with Crippen LogP contribution in [0.5, 0.6) is 0 Å². The lowest BCUT2D eigenvalue weighted by Crippen LogP contribution is -2.32. The van der Waals surface area contributed by atoms with Gasteiger partial charge in [0.2, 0.25) is 0 Å². The summed E-state index contributed by atoms with van der Waals surface area (Å²) in [5, 5.41) is 0. The maximum atomic E-state index is 5.33. The van der Waals surface area contributed by atoms with Crippen LogP contribution in [0.2, 0.25) is 0 Å². The van der Waals surface area contributed by atoms with Crippen LogP contribution < -0.4 is 0 Å². The fourth-order valence-electron chi connectivity index (χ4n) is 1.34. The van der Waals surface area contributed by atoms with Gasteiger partial charge in [-0.2, -0.15) is 0 Å². The second kappa shape index (κ2) is 14.8. The van der Waals surface area contributed by atoms with Gasteiger partial charge in [-0.15, -0.1) is 0 Å². The summed E-state index contributed by atoms with van der Waals surface area (Å²) < 4.78 is 7.72. The number of rotatable bonds is 4. The molecule has 0 aromatic carbocycles. The summed E-state index contributed by atoms with van der Waals surface area (Å²) >= 11 is 0. The molecule has 19 heavy (non-hydrogen) atoms. The molecule has 3 heteroatoms. The molecule has 0 aliphatic rings. The molecule has 0 fully saturated rings. The fourth-order valence-corrected chi connectivity index (χ4v) is 2.83. The minimum Gasteiger partial charge on any atom is -0.347 e. The Morgan fingerprint density at radius 3 is 0.947 bits per heavy atom. The van der Waals surface area contributed by atoms with Crippen molar-refractivity contribution in [2.45, 2.75) is 81.3 Å². The van der Waals surface area contributed by atoms with Gasteiger partial charge in [0.15, 0.2) is 0 Å². The highest BCUT2D eigenvalue weighted by Gasteiger charge is 2.19. The van der Waals surface area contributed by atoms with Crippen molar-refractivity contribution in [3.63, 3.8) is 0 Å². The molecule has 0 radical (unpaired) electrons. The largest absolute Gasteiger partial charge is 0.347 e. The summed E-state index contributed by atoms with van der Waals surface area (Å²) in [4.78, 5) is 0. The van der Waals surface area contributed by atoms with Crippen molar-refractivity contribution in [1.29, 1.82) is 0 Å². The van der Waals surface area contributed by atoms with Crippen molar-refractivity contribution in [3.8, 4) is 0 Å². The molecule has 0 spiro atoms. The minimum absolute atomic E-state index is 0.387. The average molecular weight is 293 g/mol. The second-order valence-corrected chi connectivity index (χ2v) is 8.43. The van der Waals surface area contributed by atoms with Crippen molar-refractivity contribution in [3.05, 3.63) is 0 Å².